The summed E-state index contributed by atoms with van der Waals surface area (Å²) in [7, 11) is 0. The molecule has 5 heteroatoms. The molecule has 2 N–H and O–H groups in total. The van der Waals surface area contributed by atoms with Crippen molar-refractivity contribution in [2.45, 2.75) is 5.92 Å². The first kappa shape index (κ1) is 8.14. The molecule has 1 aliphatic heterocycles. The van der Waals surface area contributed by atoms with E-state index in [4.69, 9.17) is 0 Å². The van der Waals surface area contributed by atoms with Crippen LogP contribution in [0.15, 0.2) is 17.5 Å². The van der Waals surface area contributed by atoms with Crippen LogP contribution in [-0.4, -0.2) is 28.3 Å². The third-order valence-corrected chi connectivity index (χ3v) is 3.28. The average Bonchev–Trinajstić information content (AvgIpc) is 2.65. The monoisotopic (exact) mass is 206 g/mol. The van der Waals surface area contributed by atoms with Gasteiger partial charge in [0.2, 0.25) is 0 Å². The Bertz CT molecular complexity index is 416. The Kier molecular flexibility index (Phi) is 1.85. The van der Waals surface area contributed by atoms with Crippen LogP contribution in [-0.2, 0) is 0 Å². The zero-order chi connectivity index (χ0) is 9.38. The van der Waals surface area contributed by atoms with E-state index in [1.165, 1.54) is 0 Å². The van der Waals surface area contributed by atoms with E-state index in [0.29, 0.717) is 5.92 Å². The highest BCUT2D eigenvalue weighted by Crippen LogP contribution is 2.23. The lowest BCUT2D eigenvalue weighted by atomic mass is 10.0. The van der Waals surface area contributed by atoms with Crippen LogP contribution in [0.5, 0.6) is 0 Å². The number of aromatic amines is 1. The number of aromatic nitrogens is 3. The van der Waals surface area contributed by atoms with Crippen molar-refractivity contribution in [1.29, 1.82) is 0 Å². The zero-order valence-electron chi connectivity index (χ0n) is 7.53. The molecule has 0 amide bonds. The number of thiophene rings is 1. The first-order valence-corrected chi connectivity index (χ1v) is 5.48. The summed E-state index contributed by atoms with van der Waals surface area (Å²) in [5.41, 5.74) is 0. The second kappa shape index (κ2) is 3.18. The Morgan fingerprint density at radius 1 is 1.43 bits per heavy atom. The van der Waals surface area contributed by atoms with Gasteiger partial charge in [0.15, 0.2) is 5.82 Å². The second-order valence-electron chi connectivity index (χ2n) is 3.38. The summed E-state index contributed by atoms with van der Waals surface area (Å²) in [6.07, 6.45) is 0. The molecule has 1 aliphatic rings. The number of H-pyrrole nitrogens is 1. The lowest BCUT2D eigenvalue weighted by Gasteiger charge is -2.24. The largest absolute Gasteiger partial charge is 0.315 e. The highest BCUT2D eigenvalue weighted by Gasteiger charge is 2.22. The van der Waals surface area contributed by atoms with E-state index in [1.54, 1.807) is 11.3 Å². The second-order valence-corrected chi connectivity index (χ2v) is 4.32. The zero-order valence-corrected chi connectivity index (χ0v) is 8.34. The van der Waals surface area contributed by atoms with Gasteiger partial charge in [0.05, 0.1) is 4.88 Å². The first-order chi connectivity index (χ1) is 6.93. The molecule has 72 valence electrons. The summed E-state index contributed by atoms with van der Waals surface area (Å²) in [6.45, 7) is 2.03. The number of rotatable bonds is 2. The normalized spacial score (nSPS) is 16.9. The summed E-state index contributed by atoms with van der Waals surface area (Å²) in [4.78, 5) is 5.60. The fourth-order valence-electron chi connectivity index (χ4n) is 1.45. The van der Waals surface area contributed by atoms with E-state index in [1.807, 2.05) is 17.5 Å². The number of nitrogens with one attached hydrogen (secondary N) is 2. The molecule has 0 aliphatic carbocycles. The van der Waals surface area contributed by atoms with Crippen molar-refractivity contribution in [3.8, 4) is 10.7 Å². The molecule has 0 bridgehead atoms. The quantitative estimate of drug-likeness (QED) is 0.776. The minimum Gasteiger partial charge on any atom is -0.315 e. The fraction of sp³-hybridized carbons (Fsp3) is 0.333. The molecule has 14 heavy (non-hydrogen) atoms. The molecule has 3 rings (SSSR count). The van der Waals surface area contributed by atoms with E-state index in [-0.39, 0.29) is 0 Å². The highest BCUT2D eigenvalue weighted by molar-refractivity contribution is 7.13. The lowest BCUT2D eigenvalue weighted by molar-refractivity contribution is 0.431. The molecular formula is C9H10N4S. The Morgan fingerprint density at radius 3 is 3.00 bits per heavy atom. The summed E-state index contributed by atoms with van der Waals surface area (Å²) < 4.78 is 0. The van der Waals surface area contributed by atoms with Crippen molar-refractivity contribution >= 4 is 11.3 Å². The van der Waals surface area contributed by atoms with E-state index in [0.717, 1.165) is 29.6 Å². The molecule has 0 unspecified atom stereocenters. The molecule has 1 saturated heterocycles. The Morgan fingerprint density at radius 2 is 2.36 bits per heavy atom. The third-order valence-electron chi connectivity index (χ3n) is 2.41. The van der Waals surface area contributed by atoms with Crippen LogP contribution in [0.1, 0.15) is 11.7 Å². The van der Waals surface area contributed by atoms with Crippen molar-refractivity contribution in [3.63, 3.8) is 0 Å². The molecule has 0 atom stereocenters. The van der Waals surface area contributed by atoms with Gasteiger partial charge < -0.3 is 5.32 Å². The topological polar surface area (TPSA) is 53.6 Å². The van der Waals surface area contributed by atoms with Crippen LogP contribution in [0.25, 0.3) is 10.7 Å². The maximum Gasteiger partial charge on any atom is 0.191 e. The van der Waals surface area contributed by atoms with Gasteiger partial charge >= 0.3 is 0 Å². The van der Waals surface area contributed by atoms with Gasteiger partial charge in [-0.2, -0.15) is 5.10 Å². The predicted octanol–water partition coefficient (Wildman–Crippen LogP) is 1.22. The molecule has 1 fully saturated rings. The molecule has 0 spiro atoms. The molecule has 0 radical (unpaired) electrons. The first-order valence-electron chi connectivity index (χ1n) is 4.60. The molecular weight excluding hydrogens is 196 g/mol. The van der Waals surface area contributed by atoms with Crippen molar-refractivity contribution in [3.05, 3.63) is 23.3 Å². The van der Waals surface area contributed by atoms with E-state index in [9.17, 15) is 0 Å². The van der Waals surface area contributed by atoms with Crippen LogP contribution < -0.4 is 5.32 Å². The Labute approximate surface area is 85.4 Å². The SMILES string of the molecule is c1csc(-c2n[nH]c(C3CNC3)n2)c1. The smallest absolute Gasteiger partial charge is 0.191 e. The average molecular weight is 206 g/mol. The van der Waals surface area contributed by atoms with Gasteiger partial charge in [0.1, 0.15) is 5.82 Å². The molecule has 0 aromatic carbocycles. The lowest BCUT2D eigenvalue weighted by Crippen LogP contribution is -2.40. The van der Waals surface area contributed by atoms with Gasteiger partial charge in [-0.25, -0.2) is 4.98 Å². The number of nitrogens with zero attached hydrogens (tertiary/aromatic N) is 2. The van der Waals surface area contributed by atoms with E-state index in [2.05, 4.69) is 20.5 Å². The van der Waals surface area contributed by atoms with Gasteiger partial charge in [-0.3, -0.25) is 5.10 Å². The van der Waals surface area contributed by atoms with Gasteiger partial charge in [0, 0.05) is 19.0 Å². The Balaban J connectivity index is 1.90. The van der Waals surface area contributed by atoms with E-state index < -0.39 is 0 Å². The predicted molar refractivity (Wildman–Crippen MR) is 55.3 cm³/mol. The standard InChI is InChI=1S/C9H10N4S/c1-2-7(14-3-1)9-11-8(12-13-9)6-4-10-5-6/h1-3,6,10H,4-5H2,(H,11,12,13). The van der Waals surface area contributed by atoms with Crippen LogP contribution in [0.3, 0.4) is 0 Å². The summed E-state index contributed by atoms with van der Waals surface area (Å²) in [6, 6.07) is 4.05. The summed E-state index contributed by atoms with van der Waals surface area (Å²) in [5.74, 6) is 2.35. The van der Waals surface area contributed by atoms with Crippen molar-refractivity contribution in [1.82, 2.24) is 20.5 Å². The van der Waals surface area contributed by atoms with Crippen molar-refractivity contribution in [2.24, 2.45) is 0 Å². The minimum absolute atomic E-state index is 0.524. The number of hydrogen-bond donors (Lipinski definition) is 2. The van der Waals surface area contributed by atoms with Crippen molar-refractivity contribution < 1.29 is 0 Å². The molecule has 2 aromatic rings. The van der Waals surface area contributed by atoms with E-state index >= 15 is 0 Å². The maximum atomic E-state index is 4.48. The molecule has 2 aromatic heterocycles. The van der Waals surface area contributed by atoms with Gasteiger partial charge in [-0.15, -0.1) is 11.3 Å². The summed E-state index contributed by atoms with van der Waals surface area (Å²) in [5, 5.41) is 12.5. The van der Waals surface area contributed by atoms with Crippen LogP contribution in [0, 0.1) is 0 Å². The van der Waals surface area contributed by atoms with Crippen LogP contribution in [0.4, 0.5) is 0 Å². The fourth-order valence-corrected chi connectivity index (χ4v) is 2.11. The maximum absolute atomic E-state index is 4.48. The summed E-state index contributed by atoms with van der Waals surface area (Å²) >= 11 is 1.67. The van der Waals surface area contributed by atoms with Gasteiger partial charge in [-0.05, 0) is 11.4 Å². The highest BCUT2D eigenvalue weighted by atomic mass is 32.1. The molecule has 3 heterocycles. The third kappa shape index (κ3) is 1.25. The van der Waals surface area contributed by atoms with Gasteiger partial charge in [-0.1, -0.05) is 6.07 Å². The van der Waals surface area contributed by atoms with Crippen LogP contribution >= 0.6 is 11.3 Å². The van der Waals surface area contributed by atoms with Crippen LogP contribution in [0.2, 0.25) is 0 Å². The number of hydrogen-bond acceptors (Lipinski definition) is 4. The molecule has 4 nitrogen and oxygen atoms in total. The van der Waals surface area contributed by atoms with Crippen molar-refractivity contribution in [2.75, 3.05) is 13.1 Å². The minimum atomic E-state index is 0.524. The Hall–Kier alpha value is -1.20. The molecule has 0 saturated carbocycles. The van der Waals surface area contributed by atoms with Gasteiger partial charge in [0.25, 0.3) is 0 Å².